The number of hydrogen-bond donors (Lipinski definition) is 2. The summed E-state index contributed by atoms with van der Waals surface area (Å²) in [5.74, 6) is 0.364. The molecule has 2 N–H and O–H groups in total. The Kier molecular flexibility index (Phi) is 10.5. The van der Waals surface area contributed by atoms with E-state index in [0.717, 1.165) is 12.2 Å². The maximum absolute atomic E-state index is 14.8. The highest BCUT2D eigenvalue weighted by Gasteiger charge is 2.29. The van der Waals surface area contributed by atoms with Gasteiger partial charge in [-0.25, -0.2) is 9.38 Å². The van der Waals surface area contributed by atoms with Gasteiger partial charge in [0.05, 0.1) is 31.0 Å². The van der Waals surface area contributed by atoms with E-state index in [1.165, 1.54) is 6.07 Å². The highest BCUT2D eigenvalue weighted by atomic mass is 127. The first kappa shape index (κ1) is 25.8. The number of halogens is 3. The number of morpholine rings is 1. The van der Waals surface area contributed by atoms with Gasteiger partial charge in [-0.05, 0) is 32.0 Å². The van der Waals surface area contributed by atoms with Crippen molar-refractivity contribution in [3.05, 3.63) is 52.6 Å². The van der Waals surface area contributed by atoms with Crippen molar-refractivity contribution >= 4 is 41.5 Å². The van der Waals surface area contributed by atoms with Gasteiger partial charge in [0.15, 0.2) is 5.96 Å². The second-order valence-corrected chi connectivity index (χ2v) is 7.76. The van der Waals surface area contributed by atoms with E-state index in [-0.39, 0.29) is 41.9 Å². The molecule has 2 unspecified atom stereocenters. The minimum Gasteiger partial charge on any atom is -0.376 e. The molecule has 0 amide bonds. The van der Waals surface area contributed by atoms with Gasteiger partial charge in [-0.15, -0.1) is 24.0 Å². The Bertz CT molecular complexity index is 844. The minimum absolute atomic E-state index is 0. The summed E-state index contributed by atoms with van der Waals surface area (Å²) in [6.07, 6.45) is 1.83. The molecule has 1 aromatic heterocycles. The molecule has 0 saturated carbocycles. The summed E-state index contributed by atoms with van der Waals surface area (Å²) in [6, 6.07) is 6.51. The van der Waals surface area contributed by atoms with Gasteiger partial charge in [-0.2, -0.15) is 5.10 Å². The average molecular weight is 565 g/mol. The van der Waals surface area contributed by atoms with Crippen LogP contribution in [0.4, 0.5) is 4.39 Å². The topological polar surface area (TPSA) is 66.7 Å². The molecule has 2 atom stereocenters. The van der Waals surface area contributed by atoms with Gasteiger partial charge in [-0.3, -0.25) is 9.58 Å². The van der Waals surface area contributed by atoms with Gasteiger partial charge in [0, 0.05) is 50.0 Å². The molecule has 2 aromatic rings. The fraction of sp³-hybridized carbons (Fsp3) is 0.524. The van der Waals surface area contributed by atoms with E-state index in [1.54, 1.807) is 23.0 Å². The van der Waals surface area contributed by atoms with Crippen molar-refractivity contribution in [1.29, 1.82) is 0 Å². The van der Waals surface area contributed by atoms with E-state index in [9.17, 15) is 4.39 Å². The van der Waals surface area contributed by atoms with E-state index in [4.69, 9.17) is 16.3 Å². The fourth-order valence-corrected chi connectivity index (χ4v) is 3.91. The second kappa shape index (κ2) is 12.6. The van der Waals surface area contributed by atoms with Crippen LogP contribution in [0.25, 0.3) is 0 Å². The van der Waals surface area contributed by atoms with Gasteiger partial charge in [0.25, 0.3) is 0 Å². The Hall–Kier alpha value is -1.43. The molecule has 10 heteroatoms. The van der Waals surface area contributed by atoms with Crippen LogP contribution >= 0.6 is 35.6 Å². The molecular formula is C21H31ClFIN6O. The van der Waals surface area contributed by atoms with E-state index >= 15 is 0 Å². The molecule has 1 fully saturated rings. The van der Waals surface area contributed by atoms with Gasteiger partial charge < -0.3 is 15.4 Å². The van der Waals surface area contributed by atoms with Gasteiger partial charge in [-0.1, -0.05) is 17.7 Å². The van der Waals surface area contributed by atoms with Crippen LogP contribution in [0, 0.1) is 5.82 Å². The fourth-order valence-electron chi connectivity index (χ4n) is 3.62. The lowest BCUT2D eigenvalue weighted by Gasteiger charge is -2.38. The van der Waals surface area contributed by atoms with E-state index < -0.39 is 0 Å². The highest BCUT2D eigenvalue weighted by Crippen LogP contribution is 2.31. The second-order valence-electron chi connectivity index (χ2n) is 7.35. The number of nitrogens with one attached hydrogen (secondary N) is 2. The predicted octanol–water partition coefficient (Wildman–Crippen LogP) is 3.35. The molecule has 0 radical (unpaired) electrons. The summed E-state index contributed by atoms with van der Waals surface area (Å²) in [6.45, 7) is 7.74. The molecule has 31 heavy (non-hydrogen) atoms. The van der Waals surface area contributed by atoms with Crippen molar-refractivity contribution in [2.24, 2.45) is 12.0 Å². The molecule has 1 aliphatic rings. The van der Waals surface area contributed by atoms with Gasteiger partial charge in [0.2, 0.25) is 0 Å². The third-order valence-corrected chi connectivity index (χ3v) is 5.50. The Morgan fingerprint density at radius 1 is 1.39 bits per heavy atom. The smallest absolute Gasteiger partial charge is 0.191 e. The van der Waals surface area contributed by atoms with Crippen LogP contribution in [0.5, 0.6) is 0 Å². The SMILES string of the molecule is CCNC(=NCc1ccnn1C)NCC(c1c(F)cccc1Cl)N1CCOC(C)C1.I. The van der Waals surface area contributed by atoms with Gasteiger partial charge >= 0.3 is 0 Å². The zero-order valence-corrected chi connectivity index (χ0v) is 21.2. The monoisotopic (exact) mass is 564 g/mol. The Morgan fingerprint density at radius 3 is 2.84 bits per heavy atom. The first-order valence-electron chi connectivity index (χ1n) is 10.3. The lowest BCUT2D eigenvalue weighted by atomic mass is 10.0. The van der Waals surface area contributed by atoms with Crippen LogP contribution in [0.3, 0.4) is 0 Å². The van der Waals surface area contributed by atoms with Crippen LogP contribution in [0.15, 0.2) is 35.5 Å². The van der Waals surface area contributed by atoms with Crippen molar-refractivity contribution in [2.45, 2.75) is 32.5 Å². The van der Waals surface area contributed by atoms with Crippen molar-refractivity contribution in [3.8, 4) is 0 Å². The molecule has 0 spiro atoms. The van der Waals surface area contributed by atoms with E-state index in [2.05, 4.69) is 25.6 Å². The summed E-state index contributed by atoms with van der Waals surface area (Å²) in [4.78, 5) is 6.87. The quantitative estimate of drug-likeness (QED) is 0.307. The molecule has 2 heterocycles. The summed E-state index contributed by atoms with van der Waals surface area (Å²) in [5, 5.41) is 11.2. The average Bonchev–Trinajstić information content (AvgIpc) is 3.13. The Labute approximate surface area is 205 Å². The van der Waals surface area contributed by atoms with Crippen LogP contribution in [0.2, 0.25) is 5.02 Å². The van der Waals surface area contributed by atoms with Crippen molar-refractivity contribution in [1.82, 2.24) is 25.3 Å². The van der Waals surface area contributed by atoms with Crippen LogP contribution in [0.1, 0.15) is 31.1 Å². The number of aliphatic imine (C=N–C) groups is 1. The molecule has 1 saturated heterocycles. The summed E-state index contributed by atoms with van der Waals surface area (Å²) in [5.41, 5.74) is 1.51. The standard InChI is InChI=1S/C21H30ClFN6O.HI/c1-4-24-21(25-12-16-8-9-27-28(16)3)26-13-19(29-10-11-30-15(2)14-29)20-17(22)6-5-7-18(20)23;/h5-9,15,19H,4,10-14H2,1-3H3,(H2,24,25,26);1H. The number of benzene rings is 1. The van der Waals surface area contributed by atoms with Crippen LogP contribution < -0.4 is 10.6 Å². The zero-order valence-electron chi connectivity index (χ0n) is 18.1. The number of rotatable bonds is 7. The minimum atomic E-state index is -0.301. The third kappa shape index (κ3) is 7.03. The lowest BCUT2D eigenvalue weighted by Crippen LogP contribution is -2.48. The Balaban J connectivity index is 0.00000341. The summed E-state index contributed by atoms with van der Waals surface area (Å²) in [7, 11) is 1.89. The number of aryl methyl sites for hydroxylation is 1. The molecule has 1 aliphatic heterocycles. The summed E-state index contributed by atoms with van der Waals surface area (Å²) < 4.78 is 22.3. The van der Waals surface area contributed by atoms with Gasteiger partial charge in [0.1, 0.15) is 5.82 Å². The predicted molar refractivity (Wildman–Crippen MR) is 133 cm³/mol. The van der Waals surface area contributed by atoms with E-state index in [0.29, 0.717) is 49.3 Å². The molecule has 7 nitrogen and oxygen atoms in total. The number of nitrogens with zero attached hydrogens (tertiary/aromatic N) is 4. The molecule has 0 bridgehead atoms. The maximum atomic E-state index is 14.8. The molecule has 1 aromatic carbocycles. The molecule has 3 rings (SSSR count). The maximum Gasteiger partial charge on any atom is 0.191 e. The summed E-state index contributed by atoms with van der Waals surface area (Å²) >= 11 is 6.42. The van der Waals surface area contributed by atoms with Crippen molar-refractivity contribution in [3.63, 3.8) is 0 Å². The normalized spacial score (nSPS) is 18.4. The van der Waals surface area contributed by atoms with Crippen molar-refractivity contribution < 1.29 is 9.13 Å². The molecule has 172 valence electrons. The number of hydrogen-bond acceptors (Lipinski definition) is 4. The van der Waals surface area contributed by atoms with Crippen LogP contribution in [-0.2, 0) is 18.3 Å². The highest BCUT2D eigenvalue weighted by molar-refractivity contribution is 14.0. The Morgan fingerprint density at radius 2 is 2.19 bits per heavy atom. The first-order chi connectivity index (χ1) is 14.5. The molecular weight excluding hydrogens is 534 g/mol. The first-order valence-corrected chi connectivity index (χ1v) is 10.7. The number of ether oxygens (including phenoxy) is 1. The zero-order chi connectivity index (χ0) is 21.5. The third-order valence-electron chi connectivity index (χ3n) is 5.17. The van der Waals surface area contributed by atoms with E-state index in [1.807, 2.05) is 27.0 Å². The van der Waals surface area contributed by atoms with Crippen LogP contribution in [-0.4, -0.2) is 59.5 Å². The van der Waals surface area contributed by atoms with Crippen molar-refractivity contribution in [2.75, 3.05) is 32.8 Å². The lowest BCUT2D eigenvalue weighted by molar-refractivity contribution is -0.0343. The number of guanidine groups is 1. The molecule has 0 aliphatic carbocycles. The number of aromatic nitrogens is 2. The largest absolute Gasteiger partial charge is 0.376 e.